The highest BCUT2D eigenvalue weighted by Gasteiger charge is 2.35. The maximum absolute atomic E-state index is 13.1. The number of piperazine rings is 1. The van der Waals surface area contributed by atoms with Crippen molar-refractivity contribution in [3.8, 4) is 0 Å². The van der Waals surface area contributed by atoms with Crippen molar-refractivity contribution in [2.24, 2.45) is 5.92 Å². The summed E-state index contributed by atoms with van der Waals surface area (Å²) in [7, 11) is 0. The van der Waals surface area contributed by atoms with Crippen LogP contribution in [0.3, 0.4) is 0 Å². The van der Waals surface area contributed by atoms with Crippen LogP contribution in [0.5, 0.6) is 0 Å². The minimum Gasteiger partial charge on any atom is -0.444 e. The summed E-state index contributed by atoms with van der Waals surface area (Å²) in [5.41, 5.74) is 1.24. The average Bonchev–Trinajstić information content (AvgIpc) is 2.72. The second-order valence-corrected chi connectivity index (χ2v) is 9.28. The van der Waals surface area contributed by atoms with Gasteiger partial charge in [0.25, 0.3) is 0 Å². The lowest BCUT2D eigenvalue weighted by Crippen LogP contribution is -2.57. The molecule has 2 fully saturated rings. The van der Waals surface area contributed by atoms with Gasteiger partial charge >= 0.3 is 6.09 Å². The molecule has 0 spiro atoms. The van der Waals surface area contributed by atoms with Gasteiger partial charge in [-0.25, -0.2) is 4.79 Å². The van der Waals surface area contributed by atoms with Crippen molar-refractivity contribution in [3.63, 3.8) is 0 Å². The lowest BCUT2D eigenvalue weighted by Gasteiger charge is -2.42. The van der Waals surface area contributed by atoms with Crippen molar-refractivity contribution in [2.45, 2.75) is 52.2 Å². The fraction of sp³-hybridized carbons (Fsp3) is 0.609. The van der Waals surface area contributed by atoms with Crippen molar-refractivity contribution in [1.82, 2.24) is 9.80 Å². The third-order valence-electron chi connectivity index (χ3n) is 5.80. The third-order valence-corrected chi connectivity index (χ3v) is 5.80. The summed E-state index contributed by atoms with van der Waals surface area (Å²) in [6.45, 7) is 10.8. The standard InChI is InChI=1S/C23H33N3O4/c1-17-15-25(22(29)30-23(2,3)4)13-14-26(17)21(28)19-9-11-24(12-10-19)20-7-5-18(16-27)6-8-20/h5-8,16-17,19H,9-15H2,1-4H3/t17-/m0/s1. The minimum absolute atomic E-state index is 0.0195. The molecular formula is C23H33N3O4. The Bertz CT molecular complexity index is 764. The number of benzene rings is 1. The summed E-state index contributed by atoms with van der Waals surface area (Å²) < 4.78 is 5.46. The van der Waals surface area contributed by atoms with Crippen LogP contribution in [0.4, 0.5) is 10.5 Å². The van der Waals surface area contributed by atoms with Crippen LogP contribution < -0.4 is 4.90 Å². The molecule has 2 amide bonds. The molecule has 1 aromatic rings. The van der Waals surface area contributed by atoms with E-state index in [0.29, 0.717) is 25.2 Å². The van der Waals surface area contributed by atoms with E-state index in [-0.39, 0.29) is 24.0 Å². The number of ether oxygens (including phenoxy) is 1. The maximum Gasteiger partial charge on any atom is 0.410 e. The smallest absolute Gasteiger partial charge is 0.410 e. The second-order valence-electron chi connectivity index (χ2n) is 9.28. The Kier molecular flexibility index (Phi) is 6.68. The molecule has 1 atom stereocenters. The quantitative estimate of drug-likeness (QED) is 0.709. The largest absolute Gasteiger partial charge is 0.444 e. The molecule has 30 heavy (non-hydrogen) atoms. The molecule has 2 heterocycles. The van der Waals surface area contributed by atoms with Gasteiger partial charge in [0, 0.05) is 55.9 Å². The van der Waals surface area contributed by atoms with Gasteiger partial charge in [-0.05, 0) is 64.8 Å². The SMILES string of the molecule is C[C@H]1CN(C(=O)OC(C)(C)C)CCN1C(=O)C1CCN(c2ccc(C=O)cc2)CC1. The zero-order valence-corrected chi connectivity index (χ0v) is 18.5. The molecule has 2 aliphatic heterocycles. The van der Waals surface area contributed by atoms with Crippen molar-refractivity contribution in [3.05, 3.63) is 29.8 Å². The summed E-state index contributed by atoms with van der Waals surface area (Å²) in [4.78, 5) is 42.2. The minimum atomic E-state index is -0.519. The van der Waals surface area contributed by atoms with Crippen LogP contribution in [0.2, 0.25) is 0 Å². The lowest BCUT2D eigenvalue weighted by molar-refractivity contribution is -0.140. The summed E-state index contributed by atoms with van der Waals surface area (Å²) >= 11 is 0. The first-order chi connectivity index (χ1) is 14.2. The molecule has 0 bridgehead atoms. The zero-order chi connectivity index (χ0) is 21.9. The summed E-state index contributed by atoms with van der Waals surface area (Å²) in [5.74, 6) is 0.216. The predicted molar refractivity (Wildman–Crippen MR) is 116 cm³/mol. The van der Waals surface area contributed by atoms with Crippen LogP contribution >= 0.6 is 0 Å². The highest BCUT2D eigenvalue weighted by molar-refractivity contribution is 5.80. The van der Waals surface area contributed by atoms with E-state index in [2.05, 4.69) is 4.90 Å². The molecule has 0 unspecified atom stereocenters. The van der Waals surface area contributed by atoms with Crippen LogP contribution in [0.25, 0.3) is 0 Å². The van der Waals surface area contributed by atoms with Gasteiger partial charge < -0.3 is 19.4 Å². The van der Waals surface area contributed by atoms with E-state index in [1.165, 1.54) is 0 Å². The van der Waals surface area contributed by atoms with Crippen LogP contribution in [0.15, 0.2) is 24.3 Å². The number of carbonyl (C=O) groups is 3. The van der Waals surface area contributed by atoms with Gasteiger partial charge in [-0.2, -0.15) is 0 Å². The second kappa shape index (κ2) is 9.06. The van der Waals surface area contributed by atoms with Crippen molar-refractivity contribution in [1.29, 1.82) is 0 Å². The van der Waals surface area contributed by atoms with Crippen LogP contribution in [0.1, 0.15) is 50.9 Å². The van der Waals surface area contributed by atoms with Crippen molar-refractivity contribution >= 4 is 24.0 Å². The first-order valence-corrected chi connectivity index (χ1v) is 10.8. The highest BCUT2D eigenvalue weighted by Crippen LogP contribution is 2.26. The molecule has 164 valence electrons. The number of aldehydes is 1. The molecule has 0 aliphatic carbocycles. The summed E-state index contributed by atoms with van der Waals surface area (Å²) in [6.07, 6.45) is 2.16. The average molecular weight is 416 g/mol. The van der Waals surface area contributed by atoms with Crippen molar-refractivity contribution < 1.29 is 19.1 Å². The molecule has 2 aliphatic rings. The van der Waals surface area contributed by atoms with Gasteiger partial charge in [-0.1, -0.05) is 0 Å². The van der Waals surface area contributed by atoms with Gasteiger partial charge in [0.1, 0.15) is 11.9 Å². The molecular weight excluding hydrogens is 382 g/mol. The Balaban J connectivity index is 1.51. The normalized spacial score (nSPS) is 20.8. The van der Waals surface area contributed by atoms with Crippen LogP contribution in [-0.2, 0) is 9.53 Å². The van der Waals surface area contributed by atoms with Crippen molar-refractivity contribution in [2.75, 3.05) is 37.6 Å². The number of carbonyl (C=O) groups excluding carboxylic acids is 3. The van der Waals surface area contributed by atoms with Crippen LogP contribution in [-0.4, -0.2) is 72.5 Å². The Morgan fingerprint density at radius 2 is 1.67 bits per heavy atom. The topological polar surface area (TPSA) is 70.2 Å². The third kappa shape index (κ3) is 5.32. The monoisotopic (exact) mass is 415 g/mol. The Hall–Kier alpha value is -2.57. The number of piperidine rings is 1. The van der Waals surface area contributed by atoms with Gasteiger partial charge in [-0.3, -0.25) is 9.59 Å². The Morgan fingerprint density at radius 1 is 1.03 bits per heavy atom. The zero-order valence-electron chi connectivity index (χ0n) is 18.5. The molecule has 0 aromatic heterocycles. The molecule has 7 nitrogen and oxygen atoms in total. The number of hydrogen-bond donors (Lipinski definition) is 0. The number of hydrogen-bond acceptors (Lipinski definition) is 5. The number of rotatable bonds is 3. The Morgan fingerprint density at radius 3 is 2.20 bits per heavy atom. The van der Waals surface area contributed by atoms with Gasteiger partial charge in [0.05, 0.1) is 0 Å². The molecule has 1 aromatic carbocycles. The first kappa shape index (κ1) is 22.1. The fourth-order valence-electron chi connectivity index (χ4n) is 4.16. The molecule has 0 radical (unpaired) electrons. The number of amides is 2. The van der Waals surface area contributed by atoms with E-state index in [0.717, 1.165) is 37.9 Å². The Labute approximate surface area is 179 Å². The molecule has 7 heteroatoms. The lowest BCUT2D eigenvalue weighted by atomic mass is 9.94. The van der Waals surface area contributed by atoms with E-state index in [4.69, 9.17) is 4.74 Å². The fourth-order valence-corrected chi connectivity index (χ4v) is 4.16. The molecule has 0 saturated carbocycles. The number of nitrogens with zero attached hydrogens (tertiary/aromatic N) is 3. The van der Waals surface area contributed by atoms with E-state index < -0.39 is 5.60 Å². The molecule has 3 rings (SSSR count). The van der Waals surface area contributed by atoms with E-state index >= 15 is 0 Å². The van der Waals surface area contributed by atoms with E-state index in [1.54, 1.807) is 4.90 Å². The van der Waals surface area contributed by atoms with Gasteiger partial charge in [0.15, 0.2) is 0 Å². The number of anilines is 1. The first-order valence-electron chi connectivity index (χ1n) is 10.8. The highest BCUT2D eigenvalue weighted by atomic mass is 16.6. The van der Waals surface area contributed by atoms with Gasteiger partial charge in [-0.15, -0.1) is 0 Å². The van der Waals surface area contributed by atoms with Gasteiger partial charge in [0.2, 0.25) is 5.91 Å². The van der Waals surface area contributed by atoms with E-state index in [1.807, 2.05) is 56.9 Å². The summed E-state index contributed by atoms with van der Waals surface area (Å²) in [5, 5.41) is 0. The maximum atomic E-state index is 13.1. The molecule has 2 saturated heterocycles. The molecule has 0 N–H and O–H groups in total. The summed E-state index contributed by atoms with van der Waals surface area (Å²) in [6, 6.07) is 7.55. The van der Waals surface area contributed by atoms with Crippen LogP contribution in [0, 0.1) is 5.92 Å². The predicted octanol–water partition coefficient (Wildman–Crippen LogP) is 3.18. The van der Waals surface area contributed by atoms with E-state index in [9.17, 15) is 14.4 Å².